The molecule has 1 aliphatic carbocycles. The van der Waals surface area contributed by atoms with E-state index in [1.165, 1.54) is 93.9 Å². The molecule has 50 heavy (non-hydrogen) atoms. The van der Waals surface area contributed by atoms with E-state index in [0.29, 0.717) is 0 Å². The summed E-state index contributed by atoms with van der Waals surface area (Å²) in [5.74, 6) is 0. The molecule has 0 bridgehead atoms. The van der Waals surface area contributed by atoms with E-state index in [0.717, 1.165) is 12.8 Å². The van der Waals surface area contributed by atoms with Crippen molar-refractivity contribution in [2.45, 2.75) is 19.8 Å². The maximum Gasteiger partial charge on any atom is 0.0619 e. The van der Waals surface area contributed by atoms with Crippen LogP contribution >= 0.6 is 0 Å². The Morgan fingerprint density at radius 3 is 1.90 bits per heavy atom. The first-order valence-electron chi connectivity index (χ1n) is 17.5. The molecular formula is C49H37N. The summed E-state index contributed by atoms with van der Waals surface area (Å²) in [5, 5.41) is 5.02. The van der Waals surface area contributed by atoms with Crippen LogP contribution in [0.15, 0.2) is 182 Å². The predicted octanol–water partition coefficient (Wildman–Crippen LogP) is 13.4. The normalized spacial score (nSPS) is 13.1. The molecule has 1 nitrogen and oxygen atoms in total. The van der Waals surface area contributed by atoms with Gasteiger partial charge in [-0.05, 0) is 111 Å². The van der Waals surface area contributed by atoms with Crippen molar-refractivity contribution >= 4 is 38.7 Å². The van der Waals surface area contributed by atoms with Gasteiger partial charge in [0.1, 0.15) is 0 Å². The molecule has 8 aromatic rings. The van der Waals surface area contributed by atoms with Gasteiger partial charge in [0, 0.05) is 21.8 Å². The number of rotatable bonds is 6. The number of fused-ring (bicyclic) bond motifs is 6. The highest BCUT2D eigenvalue weighted by Gasteiger charge is 2.18. The van der Waals surface area contributed by atoms with Gasteiger partial charge in [0.25, 0.3) is 0 Å². The lowest BCUT2D eigenvalue weighted by Gasteiger charge is -2.18. The Kier molecular flexibility index (Phi) is 7.40. The molecule has 9 rings (SSSR count). The van der Waals surface area contributed by atoms with Gasteiger partial charge in [-0.25, -0.2) is 0 Å². The summed E-state index contributed by atoms with van der Waals surface area (Å²) in [6.45, 7) is 6.14. The van der Waals surface area contributed by atoms with E-state index < -0.39 is 0 Å². The molecule has 1 heteroatoms. The molecule has 0 saturated heterocycles. The molecule has 0 saturated carbocycles. The molecule has 0 fully saturated rings. The van der Waals surface area contributed by atoms with Crippen molar-refractivity contribution in [1.82, 2.24) is 4.57 Å². The maximum atomic E-state index is 4.05. The van der Waals surface area contributed by atoms with Crippen molar-refractivity contribution in [2.75, 3.05) is 0 Å². The smallest absolute Gasteiger partial charge is 0.0619 e. The van der Waals surface area contributed by atoms with Crippen molar-refractivity contribution < 1.29 is 0 Å². The van der Waals surface area contributed by atoms with E-state index in [4.69, 9.17) is 0 Å². The number of para-hydroxylation sites is 1. The summed E-state index contributed by atoms with van der Waals surface area (Å²) in [4.78, 5) is 0. The van der Waals surface area contributed by atoms with E-state index in [2.05, 4.69) is 182 Å². The van der Waals surface area contributed by atoms with Gasteiger partial charge in [-0.3, -0.25) is 0 Å². The maximum absolute atomic E-state index is 4.05. The van der Waals surface area contributed by atoms with E-state index in [-0.39, 0.29) is 0 Å². The number of nitrogens with zero attached hydrogens (tertiary/aromatic N) is 1. The molecule has 7 aromatic carbocycles. The van der Waals surface area contributed by atoms with Crippen LogP contribution in [0.3, 0.4) is 0 Å². The van der Waals surface area contributed by atoms with Gasteiger partial charge in [0.05, 0.1) is 11.0 Å². The average molecular weight is 640 g/mol. The number of hydrogen-bond acceptors (Lipinski definition) is 0. The zero-order valence-corrected chi connectivity index (χ0v) is 28.2. The zero-order valence-electron chi connectivity index (χ0n) is 28.2. The predicted molar refractivity (Wildman–Crippen MR) is 215 cm³/mol. The number of benzene rings is 7. The van der Waals surface area contributed by atoms with Crippen molar-refractivity contribution in [1.29, 1.82) is 0 Å². The van der Waals surface area contributed by atoms with Crippen LogP contribution in [-0.2, 0) is 6.42 Å². The Hall–Kier alpha value is -6.18. The van der Waals surface area contributed by atoms with Gasteiger partial charge < -0.3 is 4.57 Å². The van der Waals surface area contributed by atoms with E-state index in [9.17, 15) is 0 Å². The van der Waals surface area contributed by atoms with Crippen molar-refractivity contribution in [3.63, 3.8) is 0 Å². The molecule has 0 unspecified atom stereocenters. The Balaban J connectivity index is 1.18. The Bertz CT molecular complexity index is 2630. The SMILES string of the molecule is C=C/C(=C\C)C1=Cc2cc(-c3ccc4c5ccc6cc(-c7ccc(-c8ccccc8)cc7)ccc6c5n(-c5ccccc5)c4c3)ccc2CC1. The van der Waals surface area contributed by atoms with Gasteiger partial charge >= 0.3 is 0 Å². The largest absolute Gasteiger partial charge is 0.309 e. The quantitative estimate of drug-likeness (QED) is 0.160. The highest BCUT2D eigenvalue weighted by molar-refractivity contribution is 6.19. The number of allylic oxidation sites excluding steroid dienone is 4. The summed E-state index contributed by atoms with van der Waals surface area (Å²) in [6.07, 6.45) is 8.61. The van der Waals surface area contributed by atoms with Crippen molar-refractivity contribution in [3.8, 4) is 39.1 Å². The average Bonchev–Trinajstić information content (AvgIpc) is 3.53. The fourth-order valence-corrected chi connectivity index (χ4v) is 7.85. The molecule has 0 radical (unpaired) electrons. The van der Waals surface area contributed by atoms with Crippen LogP contribution in [0.2, 0.25) is 0 Å². The number of aryl methyl sites for hydroxylation is 1. The van der Waals surface area contributed by atoms with Crippen LogP contribution in [0.25, 0.3) is 77.7 Å². The molecule has 1 heterocycles. The summed E-state index contributed by atoms with van der Waals surface area (Å²) < 4.78 is 2.46. The molecule has 238 valence electrons. The standard InChI is InChI=1S/C49H37N/c1-3-33(4-2)38-21-19-37-20-22-40(31-43(37)30-38)41-24-27-46-47-28-25-42-29-39(36-17-15-35(16-18-36)34-11-7-5-8-12-34)23-26-45(42)49(47)50(48(46)32-41)44-13-9-6-10-14-44/h3-18,20,22-32H,1,19,21H2,2H3/b33-4+. The van der Waals surface area contributed by atoms with Crippen LogP contribution in [0.1, 0.15) is 24.5 Å². The monoisotopic (exact) mass is 639 g/mol. The zero-order chi connectivity index (χ0) is 33.6. The molecule has 0 atom stereocenters. The molecule has 1 aliphatic rings. The fraction of sp³-hybridized carbons (Fsp3) is 0.0612. The summed E-state index contributed by atoms with van der Waals surface area (Å²) in [7, 11) is 0. The minimum atomic E-state index is 1.05. The lowest BCUT2D eigenvalue weighted by Crippen LogP contribution is -2.01. The van der Waals surface area contributed by atoms with Crippen LogP contribution in [0.5, 0.6) is 0 Å². The van der Waals surface area contributed by atoms with E-state index in [1.54, 1.807) is 0 Å². The van der Waals surface area contributed by atoms with Crippen LogP contribution in [0.4, 0.5) is 0 Å². The molecule has 0 spiro atoms. The second kappa shape index (κ2) is 12.4. The molecule has 1 aromatic heterocycles. The highest BCUT2D eigenvalue weighted by Crippen LogP contribution is 2.40. The van der Waals surface area contributed by atoms with E-state index in [1.807, 2.05) is 6.08 Å². The summed E-state index contributed by atoms with van der Waals surface area (Å²) >= 11 is 0. The number of hydrogen-bond donors (Lipinski definition) is 0. The molecule has 0 N–H and O–H groups in total. The van der Waals surface area contributed by atoms with Crippen LogP contribution in [0, 0.1) is 0 Å². The van der Waals surface area contributed by atoms with E-state index >= 15 is 0 Å². The first-order valence-corrected chi connectivity index (χ1v) is 17.5. The Morgan fingerprint density at radius 1 is 0.560 bits per heavy atom. The summed E-state index contributed by atoms with van der Waals surface area (Å²) in [5.41, 5.74) is 16.3. The lowest BCUT2D eigenvalue weighted by molar-refractivity contribution is 0.940. The number of aromatic nitrogens is 1. The summed E-state index contributed by atoms with van der Waals surface area (Å²) in [6, 6.07) is 55.8. The van der Waals surface area contributed by atoms with Crippen molar-refractivity contribution in [2.24, 2.45) is 0 Å². The topological polar surface area (TPSA) is 4.93 Å². The van der Waals surface area contributed by atoms with Gasteiger partial charge in [0.2, 0.25) is 0 Å². The minimum Gasteiger partial charge on any atom is -0.309 e. The molecule has 0 aliphatic heterocycles. The third-order valence-corrected chi connectivity index (χ3v) is 10.5. The second-order valence-electron chi connectivity index (χ2n) is 13.3. The Morgan fingerprint density at radius 2 is 1.16 bits per heavy atom. The van der Waals surface area contributed by atoms with Crippen LogP contribution < -0.4 is 0 Å². The fourth-order valence-electron chi connectivity index (χ4n) is 7.85. The Labute approximate surface area is 293 Å². The van der Waals surface area contributed by atoms with Crippen LogP contribution in [-0.4, -0.2) is 4.57 Å². The first kappa shape index (κ1) is 29.9. The molecule has 0 amide bonds. The third kappa shape index (κ3) is 5.11. The van der Waals surface area contributed by atoms with Gasteiger partial charge in [-0.2, -0.15) is 0 Å². The lowest BCUT2D eigenvalue weighted by atomic mass is 9.87. The van der Waals surface area contributed by atoms with Gasteiger partial charge in [0.15, 0.2) is 0 Å². The third-order valence-electron chi connectivity index (χ3n) is 10.5. The molecular weight excluding hydrogens is 603 g/mol. The second-order valence-corrected chi connectivity index (χ2v) is 13.3. The first-order chi connectivity index (χ1) is 24.7. The van der Waals surface area contributed by atoms with Gasteiger partial charge in [-0.15, -0.1) is 0 Å². The van der Waals surface area contributed by atoms with Gasteiger partial charge in [-0.1, -0.05) is 146 Å². The van der Waals surface area contributed by atoms with Crippen molar-refractivity contribution in [3.05, 3.63) is 193 Å². The highest BCUT2D eigenvalue weighted by atomic mass is 15.0. The minimum absolute atomic E-state index is 1.05.